The molecule has 1 aliphatic rings. The van der Waals surface area contributed by atoms with Crippen LogP contribution in [0.1, 0.15) is 23.7 Å². The molecule has 3 rings (SSSR count). The summed E-state index contributed by atoms with van der Waals surface area (Å²) in [6.07, 6.45) is 1.02. The standard InChI is InChI=1S/C17H19N3O4/c1-3-24-17(21)19-8-6-13-11(2)14-10-12(20(22)23)4-5-15(14)18-16(13)7-9-19/h4-5,10H,3,6-9H2,1-2H3. The van der Waals surface area contributed by atoms with E-state index in [-0.39, 0.29) is 11.8 Å². The lowest BCUT2D eigenvalue weighted by Gasteiger charge is -2.18. The number of carbonyl (C=O) groups excluding carboxylic acids is 1. The molecule has 1 aromatic carbocycles. The van der Waals surface area contributed by atoms with Gasteiger partial charge in [0.2, 0.25) is 0 Å². The molecule has 2 aromatic rings. The van der Waals surface area contributed by atoms with E-state index in [0.29, 0.717) is 32.5 Å². The lowest BCUT2D eigenvalue weighted by molar-refractivity contribution is -0.384. The Kier molecular flexibility index (Phi) is 4.33. The fraction of sp³-hybridized carbons (Fsp3) is 0.412. The van der Waals surface area contributed by atoms with Crippen LogP contribution in [0.5, 0.6) is 0 Å². The highest BCUT2D eigenvalue weighted by atomic mass is 16.6. The summed E-state index contributed by atoms with van der Waals surface area (Å²) in [7, 11) is 0. The Hall–Kier alpha value is -2.70. The lowest BCUT2D eigenvalue weighted by atomic mass is 9.98. The van der Waals surface area contributed by atoms with Crippen LogP contribution in [0.2, 0.25) is 0 Å². The van der Waals surface area contributed by atoms with Crippen molar-refractivity contribution in [3.8, 4) is 0 Å². The van der Waals surface area contributed by atoms with Gasteiger partial charge >= 0.3 is 6.09 Å². The molecule has 1 aliphatic heterocycles. The minimum Gasteiger partial charge on any atom is -0.450 e. The van der Waals surface area contributed by atoms with E-state index in [1.807, 2.05) is 6.92 Å². The summed E-state index contributed by atoms with van der Waals surface area (Å²) in [6.45, 7) is 5.24. The quantitative estimate of drug-likeness (QED) is 0.624. The Balaban J connectivity index is 1.99. The highest BCUT2D eigenvalue weighted by Gasteiger charge is 2.22. The van der Waals surface area contributed by atoms with Crippen LogP contribution >= 0.6 is 0 Å². The second-order valence-electron chi connectivity index (χ2n) is 5.81. The van der Waals surface area contributed by atoms with Gasteiger partial charge in [-0.3, -0.25) is 15.1 Å². The number of carbonyl (C=O) groups is 1. The number of fused-ring (bicyclic) bond motifs is 2. The van der Waals surface area contributed by atoms with Gasteiger partial charge in [-0.15, -0.1) is 0 Å². The Morgan fingerprint density at radius 2 is 2.12 bits per heavy atom. The number of nitrogens with zero attached hydrogens (tertiary/aromatic N) is 3. The monoisotopic (exact) mass is 329 g/mol. The first kappa shape index (κ1) is 16.2. The van der Waals surface area contributed by atoms with Crippen LogP contribution in [-0.4, -0.2) is 40.6 Å². The zero-order chi connectivity index (χ0) is 17.3. The third-order valence-electron chi connectivity index (χ3n) is 4.43. The molecular weight excluding hydrogens is 310 g/mol. The van der Waals surface area contributed by atoms with E-state index in [2.05, 4.69) is 4.98 Å². The smallest absolute Gasteiger partial charge is 0.409 e. The molecule has 0 aliphatic carbocycles. The minimum absolute atomic E-state index is 0.0640. The number of aryl methyl sites for hydroxylation is 1. The van der Waals surface area contributed by atoms with E-state index in [0.717, 1.165) is 27.7 Å². The normalized spacial score (nSPS) is 14.2. The van der Waals surface area contributed by atoms with Gasteiger partial charge in [0, 0.05) is 42.7 Å². The Morgan fingerprint density at radius 1 is 1.38 bits per heavy atom. The number of hydrogen-bond donors (Lipinski definition) is 0. The molecule has 0 spiro atoms. The maximum atomic E-state index is 11.9. The van der Waals surface area contributed by atoms with Crippen LogP contribution in [0.4, 0.5) is 10.5 Å². The second kappa shape index (κ2) is 6.43. The zero-order valence-corrected chi connectivity index (χ0v) is 13.7. The van der Waals surface area contributed by atoms with Crippen molar-refractivity contribution in [3.63, 3.8) is 0 Å². The molecule has 0 fully saturated rings. The van der Waals surface area contributed by atoms with Crippen LogP contribution in [0, 0.1) is 17.0 Å². The van der Waals surface area contributed by atoms with Crippen molar-refractivity contribution in [1.29, 1.82) is 0 Å². The fourth-order valence-corrected chi connectivity index (χ4v) is 3.16. The number of non-ortho nitro benzene ring substituents is 1. The molecule has 0 saturated carbocycles. The molecule has 1 aromatic heterocycles. The molecular formula is C17H19N3O4. The second-order valence-corrected chi connectivity index (χ2v) is 5.81. The molecule has 2 heterocycles. The minimum atomic E-state index is -0.396. The molecule has 0 saturated heterocycles. The summed E-state index contributed by atoms with van der Waals surface area (Å²) in [6, 6.07) is 4.74. The maximum absolute atomic E-state index is 11.9. The Bertz CT molecular complexity index is 819. The number of rotatable bonds is 2. The van der Waals surface area contributed by atoms with Crippen LogP contribution in [-0.2, 0) is 17.6 Å². The van der Waals surface area contributed by atoms with Gasteiger partial charge in [0.15, 0.2) is 0 Å². The summed E-state index contributed by atoms with van der Waals surface area (Å²) >= 11 is 0. The van der Waals surface area contributed by atoms with Gasteiger partial charge in [-0.25, -0.2) is 4.79 Å². The van der Waals surface area contributed by atoms with Gasteiger partial charge in [0.1, 0.15) is 0 Å². The first-order chi connectivity index (χ1) is 11.5. The molecule has 24 heavy (non-hydrogen) atoms. The average molecular weight is 329 g/mol. The van der Waals surface area contributed by atoms with Crippen molar-refractivity contribution in [2.75, 3.05) is 19.7 Å². The molecule has 1 amide bonds. The van der Waals surface area contributed by atoms with Crippen molar-refractivity contribution >= 4 is 22.7 Å². The maximum Gasteiger partial charge on any atom is 0.409 e. The Morgan fingerprint density at radius 3 is 2.83 bits per heavy atom. The van der Waals surface area contributed by atoms with Gasteiger partial charge in [0.05, 0.1) is 17.0 Å². The van der Waals surface area contributed by atoms with Gasteiger partial charge in [-0.05, 0) is 37.5 Å². The van der Waals surface area contributed by atoms with Gasteiger partial charge in [0.25, 0.3) is 5.69 Å². The summed E-state index contributed by atoms with van der Waals surface area (Å²) < 4.78 is 5.08. The number of nitro groups is 1. The van der Waals surface area contributed by atoms with Gasteiger partial charge in [-0.1, -0.05) is 0 Å². The molecule has 126 valence electrons. The van der Waals surface area contributed by atoms with E-state index >= 15 is 0 Å². The van der Waals surface area contributed by atoms with Crippen molar-refractivity contribution in [1.82, 2.24) is 9.88 Å². The zero-order valence-electron chi connectivity index (χ0n) is 13.7. The number of nitro benzene ring substituents is 1. The van der Waals surface area contributed by atoms with Gasteiger partial charge < -0.3 is 9.64 Å². The Labute approximate surface area is 139 Å². The lowest BCUT2D eigenvalue weighted by Crippen LogP contribution is -2.33. The summed E-state index contributed by atoms with van der Waals surface area (Å²) in [4.78, 5) is 28.9. The van der Waals surface area contributed by atoms with E-state index in [1.165, 1.54) is 6.07 Å². The molecule has 7 heteroatoms. The van der Waals surface area contributed by atoms with E-state index in [9.17, 15) is 14.9 Å². The first-order valence-corrected chi connectivity index (χ1v) is 7.99. The van der Waals surface area contributed by atoms with E-state index in [4.69, 9.17) is 4.74 Å². The molecule has 0 atom stereocenters. The molecule has 0 radical (unpaired) electrons. The van der Waals surface area contributed by atoms with Crippen LogP contribution in [0.25, 0.3) is 10.9 Å². The molecule has 7 nitrogen and oxygen atoms in total. The fourth-order valence-electron chi connectivity index (χ4n) is 3.16. The third-order valence-corrected chi connectivity index (χ3v) is 4.43. The molecule has 0 bridgehead atoms. The number of ether oxygens (including phenoxy) is 1. The highest BCUT2D eigenvalue weighted by molar-refractivity contribution is 5.85. The molecule has 0 unspecified atom stereocenters. The predicted octanol–water partition coefficient (Wildman–Crippen LogP) is 3.01. The van der Waals surface area contributed by atoms with Gasteiger partial charge in [-0.2, -0.15) is 0 Å². The van der Waals surface area contributed by atoms with Crippen molar-refractivity contribution in [2.24, 2.45) is 0 Å². The number of benzene rings is 1. The summed E-state index contributed by atoms with van der Waals surface area (Å²) in [5, 5.41) is 11.8. The number of aromatic nitrogens is 1. The number of amides is 1. The van der Waals surface area contributed by atoms with Crippen LogP contribution < -0.4 is 0 Å². The average Bonchev–Trinajstić information content (AvgIpc) is 2.78. The largest absolute Gasteiger partial charge is 0.450 e. The topological polar surface area (TPSA) is 85.6 Å². The van der Waals surface area contributed by atoms with Crippen molar-refractivity contribution in [2.45, 2.75) is 26.7 Å². The van der Waals surface area contributed by atoms with Crippen molar-refractivity contribution in [3.05, 3.63) is 45.1 Å². The van der Waals surface area contributed by atoms with Crippen LogP contribution in [0.15, 0.2) is 18.2 Å². The SMILES string of the molecule is CCOC(=O)N1CCc2nc3ccc([N+](=O)[O-])cc3c(C)c2CC1. The van der Waals surface area contributed by atoms with E-state index < -0.39 is 4.92 Å². The highest BCUT2D eigenvalue weighted by Crippen LogP contribution is 2.28. The number of hydrogen-bond acceptors (Lipinski definition) is 5. The van der Waals surface area contributed by atoms with Crippen molar-refractivity contribution < 1.29 is 14.5 Å². The van der Waals surface area contributed by atoms with Crippen LogP contribution in [0.3, 0.4) is 0 Å². The number of pyridine rings is 1. The summed E-state index contributed by atoms with van der Waals surface area (Å²) in [5.41, 5.74) is 3.86. The molecule has 0 N–H and O–H groups in total. The first-order valence-electron chi connectivity index (χ1n) is 7.99. The summed E-state index contributed by atoms with van der Waals surface area (Å²) in [5.74, 6) is 0. The van der Waals surface area contributed by atoms with E-state index in [1.54, 1.807) is 24.0 Å². The predicted molar refractivity (Wildman–Crippen MR) is 89.1 cm³/mol. The third kappa shape index (κ3) is 2.89.